The summed E-state index contributed by atoms with van der Waals surface area (Å²) in [7, 11) is 7.75. The molecule has 2 aromatic carbocycles. The van der Waals surface area contributed by atoms with Crippen molar-refractivity contribution in [3.63, 3.8) is 0 Å². The molecule has 4 atom stereocenters. The second kappa shape index (κ2) is 9.69. The van der Waals surface area contributed by atoms with Gasteiger partial charge in [-0.15, -0.1) is 0 Å². The molecule has 194 valence electrons. The van der Waals surface area contributed by atoms with Crippen molar-refractivity contribution in [1.82, 2.24) is 38.8 Å². The topological polar surface area (TPSA) is 81.7 Å². The lowest BCUT2D eigenvalue weighted by Crippen LogP contribution is -2.12. The normalized spacial score (nSPS) is 20.7. The van der Waals surface area contributed by atoms with Crippen molar-refractivity contribution in [3.8, 4) is 33.9 Å². The van der Waals surface area contributed by atoms with Gasteiger partial charge < -0.3 is 14.5 Å². The van der Waals surface area contributed by atoms with Crippen LogP contribution in [0.1, 0.15) is 49.4 Å². The van der Waals surface area contributed by atoms with Crippen molar-refractivity contribution in [3.05, 3.63) is 66.5 Å². The van der Waals surface area contributed by atoms with Crippen molar-refractivity contribution in [2.45, 2.75) is 37.8 Å². The first-order chi connectivity index (χ1) is 18.5. The van der Waals surface area contributed by atoms with E-state index < -0.39 is 0 Å². The highest BCUT2D eigenvalue weighted by Gasteiger charge is 2.26. The third kappa shape index (κ3) is 4.20. The number of hydrogen-bond donors (Lipinski definition) is 2. The molecule has 0 bridgehead atoms. The number of aryl methyl sites for hydroxylation is 1. The molecular weight excluding hydrogens is 510 g/mol. The summed E-state index contributed by atoms with van der Waals surface area (Å²) in [5, 5.41) is 0. The lowest BCUT2D eigenvalue weighted by atomic mass is 10.1. The molecule has 7 rings (SSSR count). The summed E-state index contributed by atoms with van der Waals surface area (Å²) in [5.41, 5.74) is 7.49. The number of fused-ring (bicyclic) bond motifs is 1. The highest BCUT2D eigenvalue weighted by Crippen LogP contribution is 2.36. The van der Waals surface area contributed by atoms with Gasteiger partial charge in [-0.3, -0.25) is 9.34 Å². The number of aromatic amines is 2. The van der Waals surface area contributed by atoms with Gasteiger partial charge in [-0.05, 0) is 43.4 Å². The van der Waals surface area contributed by atoms with Crippen LogP contribution in [0.15, 0.2) is 54.9 Å². The average molecular weight is 543 g/mol. The van der Waals surface area contributed by atoms with Gasteiger partial charge in [0.1, 0.15) is 17.5 Å². The van der Waals surface area contributed by atoms with Crippen molar-refractivity contribution in [2.75, 3.05) is 13.1 Å². The second-order valence-corrected chi connectivity index (χ2v) is 11.8. The fraction of sp³-hybridized carbons (Fsp3) is 0.321. The van der Waals surface area contributed by atoms with Gasteiger partial charge in [0.15, 0.2) is 0 Å². The summed E-state index contributed by atoms with van der Waals surface area (Å²) in [4.78, 5) is 21.5. The maximum Gasteiger partial charge on any atom is 0.140 e. The zero-order valence-electron chi connectivity index (χ0n) is 21.4. The van der Waals surface area contributed by atoms with Crippen LogP contribution in [0.2, 0.25) is 0 Å². The average Bonchev–Trinajstić information content (AvgIpc) is 3.75. The standard InChI is InChI=1S/C28H32N8P2/c1-34-23-11-10-19(22-16-30-27(32-22)25-5-3-13-36(25)38)14-20(23)33-28(34)18-8-6-17(7-9-18)21-15-29-26(31-21)24-4-2-12-35(24)37/h6-11,14-16,24-25H,2-5,12-13,37-38H2,1H3,(H,29,31)(H,30,32)/t24?,25-/m0/s1. The molecule has 2 saturated heterocycles. The van der Waals surface area contributed by atoms with Gasteiger partial charge in [0.05, 0.1) is 46.9 Å². The van der Waals surface area contributed by atoms with Crippen LogP contribution < -0.4 is 0 Å². The number of H-pyrrole nitrogens is 2. The number of rotatable bonds is 5. The Morgan fingerprint density at radius 2 is 1.32 bits per heavy atom. The van der Waals surface area contributed by atoms with E-state index in [9.17, 15) is 0 Å². The Morgan fingerprint density at radius 3 is 1.89 bits per heavy atom. The lowest BCUT2D eigenvalue weighted by molar-refractivity contribution is 0.434. The minimum atomic E-state index is 0.346. The summed E-state index contributed by atoms with van der Waals surface area (Å²) in [6.07, 6.45) is 8.58. The molecule has 3 unspecified atom stereocenters. The van der Waals surface area contributed by atoms with E-state index >= 15 is 0 Å². The molecule has 38 heavy (non-hydrogen) atoms. The predicted molar refractivity (Wildman–Crippen MR) is 158 cm³/mol. The fourth-order valence-electron chi connectivity index (χ4n) is 5.90. The van der Waals surface area contributed by atoms with Gasteiger partial charge in [0.25, 0.3) is 0 Å². The first-order valence-corrected chi connectivity index (χ1v) is 14.3. The monoisotopic (exact) mass is 542 g/mol. The SMILES string of the molecule is Cn1c(-c2ccc(-c3cnc(C4CCCN4P)[nH]3)cc2)nc2cc(-c3cnc([C@@H]4CCCN4P)[nH]3)ccc21. The molecule has 8 nitrogen and oxygen atoms in total. The summed E-state index contributed by atoms with van der Waals surface area (Å²) in [5.74, 6) is 3.03. The molecule has 5 aromatic rings. The molecule has 5 heterocycles. The van der Waals surface area contributed by atoms with Crippen molar-refractivity contribution in [2.24, 2.45) is 7.05 Å². The van der Waals surface area contributed by atoms with Gasteiger partial charge in [-0.1, -0.05) is 49.1 Å². The largest absolute Gasteiger partial charge is 0.341 e. The molecule has 0 spiro atoms. The molecule has 0 aliphatic carbocycles. The fourth-order valence-corrected chi connectivity index (χ4v) is 6.84. The van der Waals surface area contributed by atoms with Gasteiger partial charge in [-0.25, -0.2) is 15.0 Å². The minimum absolute atomic E-state index is 0.346. The number of nitrogens with one attached hydrogen (secondary N) is 2. The van der Waals surface area contributed by atoms with E-state index in [1.54, 1.807) is 0 Å². The summed E-state index contributed by atoms with van der Waals surface area (Å²) < 4.78 is 6.75. The maximum atomic E-state index is 5.02. The number of hydrogen-bond acceptors (Lipinski definition) is 5. The first kappa shape index (κ1) is 24.2. The number of nitrogens with zero attached hydrogens (tertiary/aromatic N) is 6. The Hall–Kier alpha value is -2.89. The van der Waals surface area contributed by atoms with Gasteiger partial charge in [-0.2, -0.15) is 0 Å². The van der Waals surface area contributed by atoms with Crippen LogP contribution in [-0.2, 0) is 7.05 Å². The van der Waals surface area contributed by atoms with Gasteiger partial charge in [0, 0.05) is 31.3 Å². The van der Waals surface area contributed by atoms with Crippen LogP contribution in [0.4, 0.5) is 0 Å². The number of aromatic nitrogens is 6. The molecule has 10 heteroatoms. The summed E-state index contributed by atoms with van der Waals surface area (Å²) >= 11 is 0. The van der Waals surface area contributed by atoms with E-state index in [1.807, 2.05) is 12.4 Å². The van der Waals surface area contributed by atoms with Crippen molar-refractivity contribution < 1.29 is 0 Å². The summed E-state index contributed by atoms with van der Waals surface area (Å²) in [6, 6.07) is 15.7. The zero-order chi connectivity index (χ0) is 25.8. The third-order valence-electron chi connectivity index (χ3n) is 8.06. The lowest BCUT2D eigenvalue weighted by Gasteiger charge is -2.16. The quantitative estimate of drug-likeness (QED) is 0.271. The van der Waals surface area contributed by atoms with Crippen LogP contribution in [-0.4, -0.2) is 51.9 Å². The molecule has 2 aliphatic heterocycles. The van der Waals surface area contributed by atoms with Crippen LogP contribution in [0.3, 0.4) is 0 Å². The Bertz CT molecular complexity index is 1600. The molecule has 0 saturated carbocycles. The van der Waals surface area contributed by atoms with Crippen molar-refractivity contribution in [1.29, 1.82) is 0 Å². The second-order valence-electron chi connectivity index (χ2n) is 10.4. The van der Waals surface area contributed by atoms with Crippen LogP contribution in [0.25, 0.3) is 44.9 Å². The Kier molecular flexibility index (Phi) is 6.17. The van der Waals surface area contributed by atoms with E-state index in [0.717, 1.165) is 82.5 Å². The van der Waals surface area contributed by atoms with Gasteiger partial charge >= 0.3 is 0 Å². The first-order valence-electron chi connectivity index (χ1n) is 13.3. The number of benzene rings is 2. The van der Waals surface area contributed by atoms with E-state index in [-0.39, 0.29) is 0 Å². The molecule has 3 aromatic heterocycles. The Balaban J connectivity index is 1.14. The van der Waals surface area contributed by atoms with E-state index in [2.05, 4.69) is 102 Å². The molecular formula is C28H32N8P2. The molecule has 2 N–H and O–H groups in total. The molecule has 2 fully saturated rings. The maximum absolute atomic E-state index is 5.02. The zero-order valence-corrected chi connectivity index (χ0v) is 23.7. The highest BCUT2D eigenvalue weighted by molar-refractivity contribution is 7.13. The molecule has 2 aliphatic rings. The Labute approximate surface area is 226 Å². The summed E-state index contributed by atoms with van der Waals surface area (Å²) in [6.45, 7) is 2.19. The minimum Gasteiger partial charge on any atom is -0.341 e. The van der Waals surface area contributed by atoms with Crippen LogP contribution in [0.5, 0.6) is 0 Å². The van der Waals surface area contributed by atoms with Gasteiger partial charge in [0.2, 0.25) is 0 Å². The van der Waals surface area contributed by atoms with E-state index in [0.29, 0.717) is 12.1 Å². The van der Waals surface area contributed by atoms with Crippen LogP contribution >= 0.6 is 18.8 Å². The molecule has 0 radical (unpaired) electrons. The van der Waals surface area contributed by atoms with E-state index in [1.165, 1.54) is 12.8 Å². The molecule has 0 amide bonds. The smallest absolute Gasteiger partial charge is 0.140 e. The third-order valence-corrected chi connectivity index (χ3v) is 9.29. The Morgan fingerprint density at radius 1 is 0.763 bits per heavy atom. The predicted octanol–water partition coefficient (Wildman–Crippen LogP) is 5.87. The van der Waals surface area contributed by atoms with E-state index in [4.69, 9.17) is 4.98 Å². The number of imidazole rings is 3. The highest BCUT2D eigenvalue weighted by atomic mass is 31.0. The van der Waals surface area contributed by atoms with Crippen LogP contribution in [0, 0.1) is 0 Å². The van der Waals surface area contributed by atoms with Crippen molar-refractivity contribution >= 4 is 29.8 Å².